The zero-order chi connectivity index (χ0) is 12.1. The van der Waals surface area contributed by atoms with E-state index in [4.69, 9.17) is 5.11 Å². The van der Waals surface area contributed by atoms with Crippen LogP contribution in [0.25, 0.3) is 0 Å². The maximum Gasteiger partial charge on any atom is 0.223 e. The van der Waals surface area contributed by atoms with Gasteiger partial charge in [0.1, 0.15) is 0 Å². The van der Waals surface area contributed by atoms with Gasteiger partial charge in [-0.2, -0.15) is 0 Å². The lowest BCUT2D eigenvalue weighted by Crippen LogP contribution is -2.19. The van der Waals surface area contributed by atoms with Crippen LogP contribution >= 0.6 is 0 Å². The molecular formula is C12H21N3O. The van der Waals surface area contributed by atoms with E-state index in [0.29, 0.717) is 18.3 Å². The molecule has 0 bridgehead atoms. The van der Waals surface area contributed by atoms with Crippen LogP contribution in [0.4, 0.5) is 5.95 Å². The Bertz CT molecular complexity index is 339. The van der Waals surface area contributed by atoms with Gasteiger partial charge in [-0.05, 0) is 32.3 Å². The highest BCUT2D eigenvalue weighted by atomic mass is 16.3. The van der Waals surface area contributed by atoms with Crippen LogP contribution in [0.5, 0.6) is 0 Å². The Labute approximate surface area is 97.1 Å². The van der Waals surface area contributed by atoms with Gasteiger partial charge in [0, 0.05) is 24.0 Å². The smallest absolute Gasteiger partial charge is 0.223 e. The van der Waals surface area contributed by atoms with Crippen molar-refractivity contribution in [3.8, 4) is 0 Å². The minimum atomic E-state index is 0.178. The normalized spacial score (nSPS) is 12.9. The summed E-state index contributed by atoms with van der Waals surface area (Å²) in [7, 11) is 0. The lowest BCUT2D eigenvalue weighted by molar-refractivity contribution is 0.282. The molecule has 0 aliphatic heterocycles. The van der Waals surface area contributed by atoms with Gasteiger partial charge in [0.15, 0.2) is 0 Å². The standard InChI is InChI=1S/C12H21N3O/c1-8(2)11-7-10(4)14-12(15-11)13-9(3)5-6-16/h7-9,16H,5-6H2,1-4H3,(H,13,14,15). The van der Waals surface area contributed by atoms with Crippen LogP contribution in [0, 0.1) is 6.92 Å². The lowest BCUT2D eigenvalue weighted by atomic mass is 10.1. The van der Waals surface area contributed by atoms with Crippen molar-refractivity contribution >= 4 is 5.95 Å². The molecule has 0 saturated heterocycles. The van der Waals surface area contributed by atoms with Gasteiger partial charge in [0.2, 0.25) is 5.95 Å². The highest BCUT2D eigenvalue weighted by Crippen LogP contribution is 2.15. The molecule has 0 amide bonds. The van der Waals surface area contributed by atoms with Crippen LogP contribution < -0.4 is 5.32 Å². The first-order chi connectivity index (χ1) is 7.52. The second kappa shape index (κ2) is 5.80. The molecule has 1 heterocycles. The summed E-state index contributed by atoms with van der Waals surface area (Å²) in [6, 6.07) is 2.19. The number of aromatic nitrogens is 2. The van der Waals surface area contributed by atoms with E-state index in [2.05, 4.69) is 29.1 Å². The van der Waals surface area contributed by atoms with Gasteiger partial charge in [-0.3, -0.25) is 0 Å². The monoisotopic (exact) mass is 223 g/mol. The molecule has 1 atom stereocenters. The molecule has 4 heteroatoms. The van der Waals surface area contributed by atoms with Gasteiger partial charge in [0.05, 0.1) is 0 Å². The van der Waals surface area contributed by atoms with E-state index in [9.17, 15) is 0 Å². The van der Waals surface area contributed by atoms with Gasteiger partial charge >= 0.3 is 0 Å². The summed E-state index contributed by atoms with van der Waals surface area (Å²) < 4.78 is 0. The van der Waals surface area contributed by atoms with Crippen LogP contribution in [0.3, 0.4) is 0 Å². The van der Waals surface area contributed by atoms with Crippen molar-refractivity contribution in [1.82, 2.24) is 9.97 Å². The van der Waals surface area contributed by atoms with E-state index in [0.717, 1.165) is 11.4 Å². The summed E-state index contributed by atoms with van der Waals surface area (Å²) in [4.78, 5) is 8.79. The maximum atomic E-state index is 8.83. The average molecular weight is 223 g/mol. The number of aliphatic hydroxyl groups is 1. The number of nitrogens with one attached hydrogen (secondary N) is 1. The van der Waals surface area contributed by atoms with Crippen LogP contribution in [-0.4, -0.2) is 27.7 Å². The Balaban J connectivity index is 2.80. The Morgan fingerprint density at radius 3 is 2.56 bits per heavy atom. The van der Waals surface area contributed by atoms with E-state index in [1.807, 2.05) is 19.9 Å². The highest BCUT2D eigenvalue weighted by molar-refractivity contribution is 5.30. The summed E-state index contributed by atoms with van der Waals surface area (Å²) in [5, 5.41) is 12.0. The third-order valence-electron chi connectivity index (χ3n) is 2.40. The van der Waals surface area contributed by atoms with Crippen molar-refractivity contribution in [1.29, 1.82) is 0 Å². The molecule has 1 aromatic heterocycles. The quantitative estimate of drug-likeness (QED) is 0.802. The summed E-state index contributed by atoms with van der Waals surface area (Å²) in [5.74, 6) is 1.06. The molecular weight excluding hydrogens is 202 g/mol. The van der Waals surface area contributed by atoms with Gasteiger partial charge in [-0.15, -0.1) is 0 Å². The highest BCUT2D eigenvalue weighted by Gasteiger charge is 2.08. The molecule has 1 aromatic rings. The molecule has 0 radical (unpaired) electrons. The minimum absolute atomic E-state index is 0.178. The zero-order valence-electron chi connectivity index (χ0n) is 10.5. The zero-order valence-corrected chi connectivity index (χ0v) is 10.5. The van der Waals surface area contributed by atoms with Crippen molar-refractivity contribution in [3.63, 3.8) is 0 Å². The van der Waals surface area contributed by atoms with Gasteiger partial charge in [-0.25, -0.2) is 9.97 Å². The number of aryl methyl sites for hydroxylation is 1. The summed E-state index contributed by atoms with van der Waals surface area (Å²) in [5.41, 5.74) is 2.02. The largest absolute Gasteiger partial charge is 0.396 e. The topological polar surface area (TPSA) is 58.0 Å². The minimum Gasteiger partial charge on any atom is -0.396 e. The number of hydrogen-bond acceptors (Lipinski definition) is 4. The SMILES string of the molecule is Cc1cc(C(C)C)nc(NC(C)CCO)n1. The van der Waals surface area contributed by atoms with Crippen LogP contribution in [0.1, 0.15) is 44.5 Å². The fourth-order valence-electron chi connectivity index (χ4n) is 1.44. The molecule has 1 unspecified atom stereocenters. The van der Waals surface area contributed by atoms with Crippen molar-refractivity contribution in [3.05, 3.63) is 17.5 Å². The van der Waals surface area contributed by atoms with Crippen molar-refractivity contribution in [2.45, 2.75) is 46.1 Å². The van der Waals surface area contributed by atoms with E-state index in [1.54, 1.807) is 0 Å². The predicted molar refractivity (Wildman–Crippen MR) is 65.6 cm³/mol. The van der Waals surface area contributed by atoms with Crippen molar-refractivity contribution in [2.75, 3.05) is 11.9 Å². The van der Waals surface area contributed by atoms with Gasteiger partial charge in [-0.1, -0.05) is 13.8 Å². The average Bonchev–Trinajstić information content (AvgIpc) is 2.16. The number of aliphatic hydroxyl groups excluding tert-OH is 1. The Kier molecular flexibility index (Phi) is 4.68. The number of hydrogen-bond donors (Lipinski definition) is 2. The Hall–Kier alpha value is -1.16. The molecule has 0 aliphatic carbocycles. The first-order valence-corrected chi connectivity index (χ1v) is 5.76. The number of rotatable bonds is 5. The molecule has 0 aliphatic rings. The van der Waals surface area contributed by atoms with Gasteiger partial charge < -0.3 is 10.4 Å². The Morgan fingerprint density at radius 1 is 1.31 bits per heavy atom. The van der Waals surface area contributed by atoms with E-state index >= 15 is 0 Å². The lowest BCUT2D eigenvalue weighted by Gasteiger charge is -2.14. The third-order valence-corrected chi connectivity index (χ3v) is 2.40. The third kappa shape index (κ3) is 3.77. The van der Waals surface area contributed by atoms with Gasteiger partial charge in [0.25, 0.3) is 0 Å². The summed E-state index contributed by atoms with van der Waals surface area (Å²) >= 11 is 0. The first kappa shape index (κ1) is 12.9. The van der Waals surface area contributed by atoms with Crippen molar-refractivity contribution in [2.24, 2.45) is 0 Å². The Morgan fingerprint density at radius 2 is 2.00 bits per heavy atom. The first-order valence-electron chi connectivity index (χ1n) is 5.76. The van der Waals surface area contributed by atoms with E-state index in [-0.39, 0.29) is 12.6 Å². The van der Waals surface area contributed by atoms with Crippen LogP contribution in [-0.2, 0) is 0 Å². The molecule has 2 N–H and O–H groups in total. The predicted octanol–water partition coefficient (Wildman–Crippen LogP) is 2.09. The molecule has 90 valence electrons. The molecule has 1 rings (SSSR count). The van der Waals surface area contributed by atoms with Crippen LogP contribution in [0.15, 0.2) is 6.07 Å². The maximum absolute atomic E-state index is 8.83. The van der Waals surface area contributed by atoms with Crippen LogP contribution in [0.2, 0.25) is 0 Å². The molecule has 0 fully saturated rings. The fourth-order valence-corrected chi connectivity index (χ4v) is 1.44. The molecule has 0 saturated carbocycles. The molecule has 16 heavy (non-hydrogen) atoms. The van der Waals surface area contributed by atoms with Crippen molar-refractivity contribution < 1.29 is 5.11 Å². The summed E-state index contributed by atoms with van der Waals surface area (Å²) in [6.45, 7) is 8.38. The second-order valence-electron chi connectivity index (χ2n) is 4.47. The van der Waals surface area contributed by atoms with E-state index in [1.165, 1.54) is 0 Å². The molecule has 0 spiro atoms. The molecule has 4 nitrogen and oxygen atoms in total. The van der Waals surface area contributed by atoms with E-state index < -0.39 is 0 Å². The number of anilines is 1. The molecule has 0 aromatic carbocycles. The number of nitrogens with zero attached hydrogens (tertiary/aromatic N) is 2. The second-order valence-corrected chi connectivity index (χ2v) is 4.47. The summed E-state index contributed by atoms with van der Waals surface area (Å²) in [6.07, 6.45) is 0.703. The fraction of sp³-hybridized carbons (Fsp3) is 0.667.